The van der Waals surface area contributed by atoms with E-state index in [1.165, 1.54) is 11.5 Å². The van der Waals surface area contributed by atoms with Crippen molar-refractivity contribution in [3.05, 3.63) is 27.4 Å². The minimum atomic E-state index is 0.0259. The van der Waals surface area contributed by atoms with Crippen molar-refractivity contribution < 1.29 is 0 Å². The number of halogens is 1. The third kappa shape index (κ3) is 3.21. The van der Waals surface area contributed by atoms with Crippen molar-refractivity contribution in [2.75, 3.05) is 6.54 Å². The first-order valence-corrected chi connectivity index (χ1v) is 8.01. The molecule has 0 aliphatic carbocycles. The second kappa shape index (κ2) is 6.58. The van der Waals surface area contributed by atoms with Gasteiger partial charge in [-0.25, -0.2) is 0 Å². The lowest BCUT2D eigenvalue weighted by molar-refractivity contribution is 0.466. The van der Waals surface area contributed by atoms with Crippen molar-refractivity contribution in [3.8, 4) is 0 Å². The van der Waals surface area contributed by atoms with E-state index in [1.807, 2.05) is 16.3 Å². The molecule has 0 aliphatic heterocycles. The van der Waals surface area contributed by atoms with Crippen molar-refractivity contribution in [3.63, 3.8) is 0 Å². The van der Waals surface area contributed by atoms with Gasteiger partial charge in [-0.1, -0.05) is 11.4 Å². The zero-order valence-corrected chi connectivity index (χ0v) is 13.7. The summed E-state index contributed by atoms with van der Waals surface area (Å²) >= 11 is 4.97. The molecule has 2 heterocycles. The molecule has 0 saturated carbocycles. The van der Waals surface area contributed by atoms with Gasteiger partial charge in [-0.15, -0.1) is 5.10 Å². The first-order valence-electron chi connectivity index (χ1n) is 6.38. The van der Waals surface area contributed by atoms with Gasteiger partial charge < -0.3 is 5.32 Å². The summed E-state index contributed by atoms with van der Waals surface area (Å²) < 4.78 is 7.00. The van der Waals surface area contributed by atoms with E-state index >= 15 is 0 Å². The van der Waals surface area contributed by atoms with E-state index in [0.29, 0.717) is 6.04 Å². The lowest BCUT2D eigenvalue weighted by atomic mass is 10.1. The highest BCUT2D eigenvalue weighted by Crippen LogP contribution is 2.29. The fourth-order valence-electron chi connectivity index (χ4n) is 1.96. The smallest absolute Gasteiger partial charge is 0.0986 e. The van der Waals surface area contributed by atoms with Crippen LogP contribution in [0.4, 0.5) is 0 Å². The minimum absolute atomic E-state index is 0.0259. The number of hydrogen-bond donors (Lipinski definition) is 1. The summed E-state index contributed by atoms with van der Waals surface area (Å²) in [6, 6.07) is 0.330. The summed E-state index contributed by atoms with van der Waals surface area (Å²) in [6.07, 6.45) is 2.91. The zero-order valence-electron chi connectivity index (χ0n) is 11.3. The quantitative estimate of drug-likeness (QED) is 0.875. The topological polar surface area (TPSA) is 55.6 Å². The highest BCUT2D eigenvalue weighted by Gasteiger charge is 2.24. The fourth-order valence-corrected chi connectivity index (χ4v) is 2.94. The minimum Gasteiger partial charge on any atom is -0.304 e. The number of aromatic nitrogens is 4. The van der Waals surface area contributed by atoms with Crippen LogP contribution in [0.2, 0.25) is 0 Å². The molecule has 0 radical (unpaired) electrons. The Bertz CT molecular complexity index is 508. The van der Waals surface area contributed by atoms with Crippen LogP contribution in [0.15, 0.2) is 16.0 Å². The highest BCUT2D eigenvalue weighted by atomic mass is 79.9. The second-order valence-electron chi connectivity index (χ2n) is 4.63. The lowest BCUT2D eigenvalue weighted by Gasteiger charge is -2.20. The molecule has 0 aliphatic rings. The third-order valence-electron chi connectivity index (χ3n) is 2.82. The summed E-state index contributed by atoms with van der Waals surface area (Å²) in [4.78, 5) is 0. The SMILES string of the molecule is CCCNC(c1csnn1)c1c(Br)cnn1C(C)C. The summed E-state index contributed by atoms with van der Waals surface area (Å²) in [5, 5.41) is 14.2. The van der Waals surface area contributed by atoms with Crippen LogP contribution in [0.5, 0.6) is 0 Å². The van der Waals surface area contributed by atoms with Gasteiger partial charge in [0.2, 0.25) is 0 Å². The van der Waals surface area contributed by atoms with E-state index in [9.17, 15) is 0 Å². The lowest BCUT2D eigenvalue weighted by Crippen LogP contribution is -2.27. The van der Waals surface area contributed by atoms with Gasteiger partial charge in [-0.05, 0) is 54.3 Å². The molecule has 7 heteroatoms. The van der Waals surface area contributed by atoms with Crippen molar-refractivity contribution in [1.82, 2.24) is 24.7 Å². The molecular weight excluding hydrogens is 326 g/mol. The standard InChI is InChI=1S/C12H18BrN5S/c1-4-5-14-11(10-7-19-17-16-10)12-9(13)6-15-18(12)8(2)3/h6-8,11,14H,4-5H2,1-3H3. The predicted octanol–water partition coefficient (Wildman–Crippen LogP) is 3.17. The zero-order chi connectivity index (χ0) is 13.8. The Hall–Kier alpha value is -0.790. The molecule has 19 heavy (non-hydrogen) atoms. The Morgan fingerprint density at radius 3 is 2.84 bits per heavy atom. The predicted molar refractivity (Wildman–Crippen MR) is 80.4 cm³/mol. The number of rotatable bonds is 6. The highest BCUT2D eigenvalue weighted by molar-refractivity contribution is 9.10. The molecular formula is C12H18BrN5S. The van der Waals surface area contributed by atoms with Gasteiger partial charge in [0.05, 0.1) is 28.1 Å². The Kier molecular flexibility index (Phi) is 5.06. The van der Waals surface area contributed by atoms with Gasteiger partial charge in [-0.3, -0.25) is 4.68 Å². The van der Waals surface area contributed by atoms with E-state index in [2.05, 4.69) is 56.7 Å². The number of nitrogens with one attached hydrogen (secondary N) is 1. The summed E-state index contributed by atoms with van der Waals surface area (Å²) in [7, 11) is 0. The molecule has 0 saturated heterocycles. The molecule has 0 fully saturated rings. The van der Waals surface area contributed by atoms with Crippen LogP contribution in [0.3, 0.4) is 0 Å². The van der Waals surface area contributed by atoms with E-state index in [-0.39, 0.29) is 6.04 Å². The molecule has 104 valence electrons. The summed E-state index contributed by atoms with van der Waals surface area (Å²) in [5.74, 6) is 0. The van der Waals surface area contributed by atoms with Gasteiger partial charge in [0, 0.05) is 11.4 Å². The molecule has 2 rings (SSSR count). The van der Waals surface area contributed by atoms with Crippen LogP contribution in [-0.4, -0.2) is 25.9 Å². The maximum atomic E-state index is 4.44. The molecule has 1 atom stereocenters. The van der Waals surface area contributed by atoms with Crippen LogP contribution in [-0.2, 0) is 0 Å². The molecule has 0 amide bonds. The van der Waals surface area contributed by atoms with Crippen LogP contribution in [0.1, 0.15) is 50.7 Å². The van der Waals surface area contributed by atoms with Gasteiger partial charge in [0.1, 0.15) is 0 Å². The maximum absolute atomic E-state index is 4.44. The average Bonchev–Trinajstić information content (AvgIpc) is 3.01. The largest absolute Gasteiger partial charge is 0.304 e. The van der Waals surface area contributed by atoms with E-state index in [0.717, 1.165) is 28.8 Å². The Morgan fingerprint density at radius 2 is 2.26 bits per heavy atom. The van der Waals surface area contributed by atoms with E-state index < -0.39 is 0 Å². The second-order valence-corrected chi connectivity index (χ2v) is 6.10. The van der Waals surface area contributed by atoms with Gasteiger partial charge in [0.25, 0.3) is 0 Å². The molecule has 0 bridgehead atoms. The van der Waals surface area contributed by atoms with Crippen molar-refractivity contribution >= 4 is 27.5 Å². The number of hydrogen-bond acceptors (Lipinski definition) is 5. The van der Waals surface area contributed by atoms with Gasteiger partial charge in [-0.2, -0.15) is 5.10 Å². The van der Waals surface area contributed by atoms with Crippen LogP contribution < -0.4 is 5.32 Å². The monoisotopic (exact) mass is 343 g/mol. The van der Waals surface area contributed by atoms with E-state index in [1.54, 1.807) is 0 Å². The fraction of sp³-hybridized carbons (Fsp3) is 0.583. The first kappa shape index (κ1) is 14.6. The third-order valence-corrected chi connectivity index (χ3v) is 3.95. The van der Waals surface area contributed by atoms with E-state index in [4.69, 9.17) is 0 Å². The average molecular weight is 344 g/mol. The number of nitrogens with zero attached hydrogens (tertiary/aromatic N) is 4. The van der Waals surface area contributed by atoms with Crippen LogP contribution in [0.25, 0.3) is 0 Å². The van der Waals surface area contributed by atoms with Crippen LogP contribution >= 0.6 is 27.5 Å². The Morgan fingerprint density at radius 1 is 1.47 bits per heavy atom. The first-order chi connectivity index (χ1) is 9.15. The van der Waals surface area contributed by atoms with Gasteiger partial charge >= 0.3 is 0 Å². The van der Waals surface area contributed by atoms with Crippen molar-refractivity contribution in [2.45, 2.75) is 39.3 Å². The van der Waals surface area contributed by atoms with Crippen molar-refractivity contribution in [2.24, 2.45) is 0 Å². The molecule has 2 aromatic rings. The molecule has 0 spiro atoms. The van der Waals surface area contributed by atoms with Crippen LogP contribution in [0, 0.1) is 0 Å². The molecule has 1 N–H and O–H groups in total. The molecule has 2 aromatic heterocycles. The molecule has 0 aromatic carbocycles. The Labute approximate surface area is 125 Å². The summed E-state index contributed by atoms with van der Waals surface area (Å²) in [5.41, 5.74) is 2.05. The van der Waals surface area contributed by atoms with Crippen molar-refractivity contribution in [1.29, 1.82) is 0 Å². The Balaban J connectivity index is 2.40. The molecule has 1 unspecified atom stereocenters. The summed E-state index contributed by atoms with van der Waals surface area (Å²) in [6.45, 7) is 7.33. The van der Waals surface area contributed by atoms with Gasteiger partial charge in [0.15, 0.2) is 0 Å². The maximum Gasteiger partial charge on any atom is 0.0986 e. The molecule has 5 nitrogen and oxygen atoms in total. The normalized spacial score (nSPS) is 13.1.